The zero-order valence-electron chi connectivity index (χ0n) is 9.91. The van der Waals surface area contributed by atoms with Gasteiger partial charge in [0.25, 0.3) is 0 Å². The van der Waals surface area contributed by atoms with Crippen LogP contribution in [-0.2, 0) is 0 Å². The first-order chi connectivity index (χ1) is 9.15. The summed E-state index contributed by atoms with van der Waals surface area (Å²) in [5.74, 6) is -1.04. The van der Waals surface area contributed by atoms with Crippen molar-refractivity contribution in [1.29, 1.82) is 0 Å². The zero-order chi connectivity index (χ0) is 13.7. The number of carboxylic acids is 1. The van der Waals surface area contributed by atoms with E-state index in [1.54, 1.807) is 30.5 Å². The van der Waals surface area contributed by atoms with E-state index in [-0.39, 0.29) is 11.3 Å². The molecule has 2 aromatic carbocycles. The van der Waals surface area contributed by atoms with Crippen molar-refractivity contribution in [3.63, 3.8) is 0 Å². The second-order valence-electron chi connectivity index (χ2n) is 3.82. The number of aromatic carboxylic acids is 1. The van der Waals surface area contributed by atoms with E-state index < -0.39 is 5.97 Å². The minimum absolute atomic E-state index is 0.0562. The van der Waals surface area contributed by atoms with Gasteiger partial charge in [0, 0.05) is 0 Å². The average Bonchev–Trinajstić information content (AvgIpc) is 2.41. The lowest BCUT2D eigenvalue weighted by Crippen LogP contribution is -1.97. The molecule has 5 heteroatoms. The third-order valence-corrected chi connectivity index (χ3v) is 2.40. The molecule has 0 aliphatic heterocycles. The molecule has 0 bridgehead atoms. The van der Waals surface area contributed by atoms with Crippen LogP contribution in [0.2, 0.25) is 0 Å². The van der Waals surface area contributed by atoms with Crippen molar-refractivity contribution in [1.82, 2.24) is 0 Å². The molecule has 0 aliphatic carbocycles. The minimum atomic E-state index is -0.987. The Morgan fingerprint density at radius 2 is 1.95 bits per heavy atom. The standard InChI is InChI=1S/C14H12N2O3/c17-13-6-4-10(5-7-13)9-15-16-12-3-1-2-11(8-12)14(18)19/h1-9,16-17H,(H,18,19)/p-1/b15-9+. The summed E-state index contributed by atoms with van der Waals surface area (Å²) in [7, 11) is 0. The van der Waals surface area contributed by atoms with Crippen LogP contribution in [0, 0.1) is 0 Å². The Hall–Kier alpha value is -2.82. The molecule has 2 N–H and O–H groups in total. The molecule has 0 radical (unpaired) electrons. The van der Waals surface area contributed by atoms with Crippen LogP contribution in [-0.4, -0.2) is 17.3 Å². The molecule has 0 saturated carbocycles. The fourth-order valence-corrected chi connectivity index (χ4v) is 1.46. The number of hydrogen-bond acceptors (Lipinski definition) is 4. The zero-order valence-corrected chi connectivity index (χ0v) is 9.91. The summed E-state index contributed by atoms with van der Waals surface area (Å²) < 4.78 is 0. The first-order valence-corrected chi connectivity index (χ1v) is 5.55. The molecule has 0 aromatic heterocycles. The van der Waals surface area contributed by atoms with E-state index >= 15 is 0 Å². The highest BCUT2D eigenvalue weighted by molar-refractivity contribution is 5.88. The lowest BCUT2D eigenvalue weighted by molar-refractivity contribution is -0.268. The molecule has 0 atom stereocenters. The Morgan fingerprint density at radius 3 is 2.63 bits per heavy atom. The van der Waals surface area contributed by atoms with E-state index in [9.17, 15) is 9.90 Å². The highest BCUT2D eigenvalue weighted by Crippen LogP contribution is 2.10. The van der Waals surface area contributed by atoms with E-state index in [4.69, 9.17) is 5.11 Å². The van der Waals surface area contributed by atoms with E-state index in [2.05, 4.69) is 10.5 Å². The van der Waals surface area contributed by atoms with Crippen molar-refractivity contribution < 1.29 is 15.0 Å². The van der Waals surface area contributed by atoms with Gasteiger partial charge in [-0.15, -0.1) is 5.75 Å². The van der Waals surface area contributed by atoms with Crippen LogP contribution < -0.4 is 10.5 Å². The number of benzene rings is 2. The van der Waals surface area contributed by atoms with Gasteiger partial charge in [-0.3, -0.25) is 5.43 Å². The Bertz CT molecular complexity index is 606. The maximum atomic E-state index is 10.9. The Labute approximate surface area is 109 Å². The summed E-state index contributed by atoms with van der Waals surface area (Å²) in [5, 5.41) is 23.7. The Balaban J connectivity index is 2.04. The number of hydrazone groups is 1. The van der Waals surface area contributed by atoms with E-state index in [0.717, 1.165) is 5.56 Å². The molecular weight excluding hydrogens is 244 g/mol. The monoisotopic (exact) mass is 255 g/mol. The van der Waals surface area contributed by atoms with Gasteiger partial charge in [0.2, 0.25) is 0 Å². The number of carboxylic acid groups (broad SMARTS) is 1. The van der Waals surface area contributed by atoms with Gasteiger partial charge in [-0.25, -0.2) is 4.79 Å². The summed E-state index contributed by atoms with van der Waals surface area (Å²) in [4.78, 5) is 10.8. The predicted molar refractivity (Wildman–Crippen MR) is 70.5 cm³/mol. The minimum Gasteiger partial charge on any atom is -0.872 e. The van der Waals surface area contributed by atoms with Crippen LogP contribution in [0.3, 0.4) is 0 Å². The van der Waals surface area contributed by atoms with Crippen LogP contribution in [0.25, 0.3) is 0 Å². The number of nitrogens with zero attached hydrogens (tertiary/aromatic N) is 1. The van der Waals surface area contributed by atoms with Crippen molar-refractivity contribution in [2.75, 3.05) is 5.43 Å². The molecule has 0 spiro atoms. The summed E-state index contributed by atoms with van der Waals surface area (Å²) in [5.41, 5.74) is 4.28. The van der Waals surface area contributed by atoms with Crippen LogP contribution in [0.4, 0.5) is 5.69 Å². The molecular formula is C14H11N2O3-. The largest absolute Gasteiger partial charge is 0.872 e. The summed E-state index contributed by atoms with van der Waals surface area (Å²) in [6, 6.07) is 12.5. The molecule has 19 heavy (non-hydrogen) atoms. The van der Waals surface area contributed by atoms with E-state index in [1.165, 1.54) is 24.3 Å². The molecule has 96 valence electrons. The first kappa shape index (κ1) is 12.6. The number of anilines is 1. The molecule has 0 amide bonds. The quantitative estimate of drug-likeness (QED) is 0.645. The summed E-state index contributed by atoms with van der Waals surface area (Å²) in [6.45, 7) is 0. The van der Waals surface area contributed by atoms with Crippen molar-refractivity contribution in [2.45, 2.75) is 0 Å². The van der Waals surface area contributed by atoms with Gasteiger partial charge in [0.05, 0.1) is 17.5 Å². The average molecular weight is 255 g/mol. The van der Waals surface area contributed by atoms with Gasteiger partial charge in [0.15, 0.2) is 0 Å². The van der Waals surface area contributed by atoms with Gasteiger partial charge < -0.3 is 10.2 Å². The van der Waals surface area contributed by atoms with Crippen molar-refractivity contribution >= 4 is 17.9 Å². The second-order valence-corrected chi connectivity index (χ2v) is 3.82. The predicted octanol–water partition coefficient (Wildman–Crippen LogP) is 1.90. The first-order valence-electron chi connectivity index (χ1n) is 5.55. The van der Waals surface area contributed by atoms with Gasteiger partial charge in [-0.05, 0) is 23.8 Å². The van der Waals surface area contributed by atoms with Crippen molar-refractivity contribution in [3.8, 4) is 5.75 Å². The molecule has 0 unspecified atom stereocenters. The van der Waals surface area contributed by atoms with Crippen LogP contribution in [0.15, 0.2) is 53.6 Å². The maximum absolute atomic E-state index is 10.9. The van der Waals surface area contributed by atoms with Crippen LogP contribution in [0.5, 0.6) is 5.75 Å². The third-order valence-electron chi connectivity index (χ3n) is 2.40. The van der Waals surface area contributed by atoms with E-state index in [0.29, 0.717) is 5.69 Å². The fourth-order valence-electron chi connectivity index (χ4n) is 1.46. The van der Waals surface area contributed by atoms with Gasteiger partial charge in [0.1, 0.15) is 0 Å². The topological polar surface area (TPSA) is 84.8 Å². The van der Waals surface area contributed by atoms with Crippen LogP contribution in [0.1, 0.15) is 15.9 Å². The highest BCUT2D eigenvalue weighted by atomic mass is 16.4. The molecule has 0 aliphatic rings. The lowest BCUT2D eigenvalue weighted by Gasteiger charge is -2.03. The fraction of sp³-hybridized carbons (Fsp3) is 0. The Morgan fingerprint density at radius 1 is 1.21 bits per heavy atom. The Kier molecular flexibility index (Phi) is 3.78. The van der Waals surface area contributed by atoms with E-state index in [1.807, 2.05) is 0 Å². The molecule has 2 aromatic rings. The SMILES string of the molecule is O=C(O)c1cccc(N/N=C/c2ccc([O-])cc2)c1. The van der Waals surface area contributed by atoms with Gasteiger partial charge in [-0.1, -0.05) is 30.3 Å². The summed E-state index contributed by atoms with van der Waals surface area (Å²) >= 11 is 0. The number of carbonyl (C=O) groups is 1. The number of nitrogens with one attached hydrogen (secondary N) is 1. The smallest absolute Gasteiger partial charge is 0.335 e. The normalized spacial score (nSPS) is 10.5. The lowest BCUT2D eigenvalue weighted by atomic mass is 10.2. The van der Waals surface area contributed by atoms with Crippen molar-refractivity contribution in [3.05, 3.63) is 59.7 Å². The van der Waals surface area contributed by atoms with Gasteiger partial charge >= 0.3 is 5.97 Å². The molecule has 2 rings (SSSR count). The highest BCUT2D eigenvalue weighted by Gasteiger charge is 2.01. The number of hydrogen-bond donors (Lipinski definition) is 2. The van der Waals surface area contributed by atoms with Gasteiger partial charge in [-0.2, -0.15) is 5.10 Å². The second kappa shape index (κ2) is 5.68. The molecule has 0 fully saturated rings. The summed E-state index contributed by atoms with van der Waals surface area (Å²) in [6.07, 6.45) is 1.55. The van der Waals surface area contributed by atoms with Crippen LogP contribution >= 0.6 is 0 Å². The molecule has 0 saturated heterocycles. The molecule has 0 heterocycles. The molecule has 5 nitrogen and oxygen atoms in total. The third kappa shape index (κ3) is 3.57. The van der Waals surface area contributed by atoms with Crippen molar-refractivity contribution in [2.24, 2.45) is 5.10 Å². The maximum Gasteiger partial charge on any atom is 0.335 e. The number of rotatable bonds is 4.